The number of pyridine rings is 1. The Morgan fingerprint density at radius 2 is 1.76 bits per heavy atom. The van der Waals surface area contributed by atoms with Crippen LogP contribution in [0.5, 0.6) is 0 Å². The van der Waals surface area contributed by atoms with E-state index < -0.39 is 0 Å². The molecule has 2 aromatic rings. The Kier molecular flexibility index (Phi) is 6.22. The third kappa shape index (κ3) is 4.66. The number of hydrogen-bond donors (Lipinski definition) is 1. The zero-order chi connectivity index (χ0) is 20.1. The van der Waals surface area contributed by atoms with Crippen LogP contribution in [-0.4, -0.2) is 63.0 Å². The Morgan fingerprint density at radius 3 is 2.48 bits per heavy atom. The first kappa shape index (κ1) is 19.6. The maximum atomic E-state index is 12.8. The van der Waals surface area contributed by atoms with Crippen LogP contribution in [0.3, 0.4) is 0 Å². The molecule has 0 aliphatic carbocycles. The predicted octanol–water partition coefficient (Wildman–Crippen LogP) is 2.77. The second-order valence-electron chi connectivity index (χ2n) is 8.06. The molecule has 4 heterocycles. The topological polar surface area (TPSA) is 82.2 Å². The van der Waals surface area contributed by atoms with Crippen LogP contribution in [0.1, 0.15) is 66.1 Å². The van der Waals surface area contributed by atoms with Crippen molar-refractivity contribution in [3.63, 3.8) is 0 Å². The fraction of sp³-hybridized carbons (Fsp3) is 0.545. The summed E-state index contributed by atoms with van der Waals surface area (Å²) in [6, 6.07) is 4.00. The van der Waals surface area contributed by atoms with E-state index in [-0.39, 0.29) is 17.7 Å². The molecule has 2 amide bonds. The number of hydrogen-bond acceptors (Lipinski definition) is 4. The molecule has 4 rings (SSSR count). The highest BCUT2D eigenvalue weighted by Crippen LogP contribution is 2.30. The number of nitrogens with zero attached hydrogens (tertiary/aromatic N) is 4. The zero-order valence-electron chi connectivity index (χ0n) is 16.8. The first-order chi connectivity index (χ1) is 14.2. The fourth-order valence-corrected chi connectivity index (χ4v) is 4.44. The first-order valence-corrected chi connectivity index (χ1v) is 10.7. The van der Waals surface area contributed by atoms with E-state index in [4.69, 9.17) is 0 Å². The van der Waals surface area contributed by atoms with Crippen molar-refractivity contribution in [2.45, 2.75) is 50.9 Å². The van der Waals surface area contributed by atoms with Gasteiger partial charge in [-0.25, -0.2) is 0 Å². The highest BCUT2D eigenvalue weighted by Gasteiger charge is 2.30. The minimum absolute atomic E-state index is 0.0980. The lowest BCUT2D eigenvalue weighted by Crippen LogP contribution is -2.38. The van der Waals surface area contributed by atoms with Gasteiger partial charge in [-0.3, -0.25) is 19.7 Å². The minimum Gasteiger partial charge on any atom is -0.343 e. The number of carbonyl (C=O) groups is 2. The minimum atomic E-state index is 0.0980. The molecule has 2 saturated heterocycles. The van der Waals surface area contributed by atoms with E-state index >= 15 is 0 Å². The maximum absolute atomic E-state index is 12.8. The molecule has 0 atom stereocenters. The number of aromatic amines is 1. The van der Waals surface area contributed by atoms with Crippen LogP contribution in [-0.2, 0) is 11.2 Å². The molecule has 0 spiro atoms. The van der Waals surface area contributed by atoms with Gasteiger partial charge in [-0.05, 0) is 56.2 Å². The molecular weight excluding hydrogens is 366 g/mol. The molecule has 0 bridgehead atoms. The van der Waals surface area contributed by atoms with Crippen molar-refractivity contribution >= 4 is 11.8 Å². The number of likely N-dealkylation sites (tertiary alicyclic amines) is 2. The van der Waals surface area contributed by atoms with E-state index in [1.54, 1.807) is 18.6 Å². The van der Waals surface area contributed by atoms with Gasteiger partial charge in [0.1, 0.15) is 0 Å². The lowest BCUT2D eigenvalue weighted by molar-refractivity contribution is -0.132. The van der Waals surface area contributed by atoms with E-state index in [1.807, 2.05) is 21.9 Å². The number of H-pyrrole nitrogens is 1. The van der Waals surface area contributed by atoms with Crippen LogP contribution in [0.2, 0.25) is 0 Å². The number of aryl methyl sites for hydroxylation is 1. The number of amides is 2. The monoisotopic (exact) mass is 395 g/mol. The summed E-state index contributed by atoms with van der Waals surface area (Å²) in [4.78, 5) is 33.3. The van der Waals surface area contributed by atoms with Gasteiger partial charge in [0.25, 0.3) is 5.91 Å². The smallest absolute Gasteiger partial charge is 0.257 e. The quantitative estimate of drug-likeness (QED) is 0.815. The molecule has 2 aliphatic heterocycles. The summed E-state index contributed by atoms with van der Waals surface area (Å²) in [5, 5.41) is 7.23. The normalized spacial score (nSPS) is 17.7. The third-order valence-corrected chi connectivity index (χ3v) is 6.15. The lowest BCUT2D eigenvalue weighted by atomic mass is 9.91. The molecule has 154 valence electrons. The van der Waals surface area contributed by atoms with Crippen molar-refractivity contribution in [3.8, 4) is 0 Å². The van der Waals surface area contributed by atoms with Crippen molar-refractivity contribution < 1.29 is 9.59 Å². The van der Waals surface area contributed by atoms with Gasteiger partial charge in [-0.15, -0.1) is 0 Å². The fourth-order valence-electron chi connectivity index (χ4n) is 4.44. The Bertz CT molecular complexity index is 821. The van der Waals surface area contributed by atoms with Crippen molar-refractivity contribution in [2.75, 3.05) is 26.2 Å². The van der Waals surface area contributed by atoms with Crippen LogP contribution in [0.15, 0.2) is 30.7 Å². The van der Waals surface area contributed by atoms with Crippen molar-refractivity contribution in [2.24, 2.45) is 0 Å². The lowest BCUT2D eigenvalue weighted by Gasteiger charge is -2.32. The number of piperidine rings is 1. The zero-order valence-corrected chi connectivity index (χ0v) is 16.8. The summed E-state index contributed by atoms with van der Waals surface area (Å²) in [7, 11) is 0. The average Bonchev–Trinajstić information content (AvgIpc) is 3.46. The van der Waals surface area contributed by atoms with Crippen LogP contribution >= 0.6 is 0 Å². The van der Waals surface area contributed by atoms with Gasteiger partial charge in [0.05, 0.1) is 17.5 Å². The molecule has 0 aromatic carbocycles. The number of nitrogens with one attached hydrogen (secondary N) is 1. The Labute approximate surface area is 171 Å². The van der Waals surface area contributed by atoms with Gasteiger partial charge in [0.15, 0.2) is 0 Å². The van der Waals surface area contributed by atoms with E-state index in [0.717, 1.165) is 70.4 Å². The molecule has 29 heavy (non-hydrogen) atoms. The van der Waals surface area contributed by atoms with Gasteiger partial charge in [-0.2, -0.15) is 5.10 Å². The molecule has 0 radical (unpaired) electrons. The van der Waals surface area contributed by atoms with Gasteiger partial charge in [0.2, 0.25) is 5.91 Å². The molecular formula is C22H29N5O2. The third-order valence-electron chi connectivity index (χ3n) is 6.15. The molecule has 1 N–H and O–H groups in total. The van der Waals surface area contributed by atoms with E-state index in [9.17, 15) is 9.59 Å². The van der Waals surface area contributed by atoms with Gasteiger partial charge >= 0.3 is 0 Å². The Morgan fingerprint density at radius 1 is 1.03 bits per heavy atom. The van der Waals surface area contributed by atoms with Gasteiger partial charge < -0.3 is 9.80 Å². The summed E-state index contributed by atoms with van der Waals surface area (Å²) < 4.78 is 0. The van der Waals surface area contributed by atoms with E-state index in [2.05, 4.69) is 15.2 Å². The largest absolute Gasteiger partial charge is 0.343 e. The van der Waals surface area contributed by atoms with Crippen molar-refractivity contribution in [1.82, 2.24) is 25.0 Å². The molecule has 7 heteroatoms. The number of carbonyl (C=O) groups excluding carboxylic acids is 2. The SMILES string of the molecule is O=C(CCCc1ccncc1)N1CCC(c2[nH]ncc2C(=O)N2CCCC2)CC1. The molecule has 2 fully saturated rings. The van der Waals surface area contributed by atoms with Crippen LogP contribution in [0, 0.1) is 0 Å². The highest BCUT2D eigenvalue weighted by molar-refractivity contribution is 5.95. The number of rotatable bonds is 6. The predicted molar refractivity (Wildman–Crippen MR) is 109 cm³/mol. The second-order valence-corrected chi connectivity index (χ2v) is 8.06. The average molecular weight is 396 g/mol. The van der Waals surface area contributed by atoms with Crippen LogP contribution in [0.25, 0.3) is 0 Å². The van der Waals surface area contributed by atoms with E-state index in [0.29, 0.717) is 12.0 Å². The van der Waals surface area contributed by atoms with E-state index in [1.165, 1.54) is 5.56 Å². The molecule has 2 aromatic heterocycles. The summed E-state index contributed by atoms with van der Waals surface area (Å²) in [5.74, 6) is 0.594. The van der Waals surface area contributed by atoms with Crippen molar-refractivity contribution in [3.05, 3.63) is 47.5 Å². The number of aromatic nitrogens is 3. The highest BCUT2D eigenvalue weighted by atomic mass is 16.2. The summed E-state index contributed by atoms with van der Waals surface area (Å²) in [6.45, 7) is 3.18. The summed E-state index contributed by atoms with van der Waals surface area (Å²) in [6.07, 6.45) is 11.5. The first-order valence-electron chi connectivity index (χ1n) is 10.7. The second kappa shape index (κ2) is 9.20. The standard InChI is InChI=1S/C22H29N5O2/c28-20(5-3-4-17-6-10-23-11-7-17)26-14-8-18(9-15-26)21-19(16-24-25-21)22(29)27-12-1-2-13-27/h6-7,10-11,16,18H,1-5,8-9,12-15H2,(H,24,25). The van der Waals surface area contributed by atoms with Gasteiger partial charge in [-0.1, -0.05) is 0 Å². The maximum Gasteiger partial charge on any atom is 0.257 e. The summed E-state index contributed by atoms with van der Waals surface area (Å²) in [5.41, 5.74) is 2.89. The molecule has 0 unspecified atom stereocenters. The van der Waals surface area contributed by atoms with Crippen LogP contribution < -0.4 is 0 Å². The van der Waals surface area contributed by atoms with Gasteiger partial charge in [0, 0.05) is 50.9 Å². The molecule has 2 aliphatic rings. The summed E-state index contributed by atoms with van der Waals surface area (Å²) >= 11 is 0. The molecule has 7 nitrogen and oxygen atoms in total. The Balaban J connectivity index is 1.27. The van der Waals surface area contributed by atoms with Crippen LogP contribution in [0.4, 0.5) is 0 Å². The Hall–Kier alpha value is -2.70. The van der Waals surface area contributed by atoms with Crippen molar-refractivity contribution in [1.29, 1.82) is 0 Å². The molecule has 0 saturated carbocycles.